The molecule has 4 rings (SSSR count). The molecular weight excluding hydrogens is 406 g/mol. The highest BCUT2D eigenvalue weighted by Crippen LogP contribution is 2.57. The number of benzene rings is 2. The summed E-state index contributed by atoms with van der Waals surface area (Å²) in [7, 11) is -1.34. The van der Waals surface area contributed by atoms with Crippen LogP contribution in [0.3, 0.4) is 0 Å². The van der Waals surface area contributed by atoms with Crippen LogP contribution >= 0.6 is 23.5 Å². The molecule has 0 radical (unpaired) electrons. The van der Waals surface area contributed by atoms with E-state index in [1.165, 1.54) is 12.0 Å². The first kappa shape index (κ1) is 19.8. The minimum atomic E-state index is -1.34. The highest BCUT2D eigenvalue weighted by molar-refractivity contribution is 8.18. The second kappa shape index (κ2) is 8.91. The molecule has 0 spiro atoms. The van der Waals surface area contributed by atoms with Crippen molar-refractivity contribution in [2.24, 2.45) is 0 Å². The minimum absolute atomic E-state index is 0.220. The molecule has 146 valence electrons. The fourth-order valence-electron chi connectivity index (χ4n) is 3.33. The lowest BCUT2D eigenvalue weighted by molar-refractivity contribution is 0.433. The van der Waals surface area contributed by atoms with Crippen molar-refractivity contribution in [1.29, 1.82) is 0 Å². The van der Waals surface area contributed by atoms with Gasteiger partial charge in [-0.1, -0.05) is 48.0 Å². The van der Waals surface area contributed by atoms with Gasteiger partial charge in [0.1, 0.15) is 26.9 Å². The molecule has 2 heterocycles. The Kier molecular flexibility index (Phi) is 6.31. The molecule has 0 amide bonds. The highest BCUT2D eigenvalue weighted by atomic mass is 32.2. The second-order valence-electron chi connectivity index (χ2n) is 6.73. The van der Waals surface area contributed by atoms with Crippen LogP contribution < -0.4 is 4.72 Å². The van der Waals surface area contributed by atoms with Crippen molar-refractivity contribution in [3.05, 3.63) is 89.9 Å². The summed E-state index contributed by atoms with van der Waals surface area (Å²) in [5.41, 5.74) is 2.38. The summed E-state index contributed by atoms with van der Waals surface area (Å²) >= 11 is 3.83. The van der Waals surface area contributed by atoms with Gasteiger partial charge >= 0.3 is 0 Å². The van der Waals surface area contributed by atoms with Crippen molar-refractivity contribution in [3.8, 4) is 0 Å². The summed E-state index contributed by atoms with van der Waals surface area (Å²) in [6.07, 6.45) is 2.87. The third-order valence-electron chi connectivity index (χ3n) is 4.77. The summed E-state index contributed by atoms with van der Waals surface area (Å²) < 4.78 is 22.2. The number of hydrogen-bond donors (Lipinski definition) is 1. The van der Waals surface area contributed by atoms with Crippen LogP contribution in [0.5, 0.6) is 0 Å². The van der Waals surface area contributed by atoms with Crippen molar-refractivity contribution in [1.82, 2.24) is 4.72 Å². The largest absolute Gasteiger partial charge is 0.468 e. The zero-order valence-corrected chi connectivity index (χ0v) is 18.1. The van der Waals surface area contributed by atoms with Gasteiger partial charge in [0.15, 0.2) is 0 Å². The monoisotopic (exact) mass is 429 g/mol. The Bertz CT molecular complexity index is 905. The van der Waals surface area contributed by atoms with Crippen LogP contribution in [-0.4, -0.2) is 15.7 Å². The average molecular weight is 430 g/mol. The van der Waals surface area contributed by atoms with Gasteiger partial charge in [0.05, 0.1) is 11.2 Å². The molecule has 1 saturated heterocycles. The van der Waals surface area contributed by atoms with Gasteiger partial charge in [0, 0.05) is 0 Å². The molecular formula is C22H23NO2S3. The fourth-order valence-corrected chi connectivity index (χ4v) is 8.00. The number of rotatable bonds is 6. The van der Waals surface area contributed by atoms with Gasteiger partial charge in [-0.25, -0.2) is 8.93 Å². The van der Waals surface area contributed by atoms with E-state index in [0.717, 1.165) is 27.7 Å². The van der Waals surface area contributed by atoms with Crippen LogP contribution in [0.15, 0.2) is 82.3 Å². The van der Waals surface area contributed by atoms with Crippen molar-refractivity contribution in [2.45, 2.75) is 28.4 Å². The van der Waals surface area contributed by atoms with Crippen LogP contribution in [0, 0.1) is 6.92 Å². The maximum absolute atomic E-state index is 13.2. The standard InChI is InChI=1S/C22H23NO2S3/c1-17-10-12-19(13-11-17)28(24)23-21(20-9-5-14-25-20)22(26-15-6-16-27-22)18-7-3-2-4-8-18/h2-5,7-14,21,23H,6,15-16H2,1H3/t21-,28?/m0/s1. The van der Waals surface area contributed by atoms with Gasteiger partial charge < -0.3 is 4.42 Å². The molecule has 0 saturated carbocycles. The van der Waals surface area contributed by atoms with E-state index >= 15 is 0 Å². The van der Waals surface area contributed by atoms with E-state index in [4.69, 9.17) is 4.42 Å². The molecule has 1 aliphatic heterocycles. The van der Waals surface area contributed by atoms with E-state index in [1.54, 1.807) is 6.26 Å². The molecule has 3 nitrogen and oxygen atoms in total. The van der Waals surface area contributed by atoms with E-state index in [1.807, 2.05) is 72.9 Å². The van der Waals surface area contributed by atoms with Gasteiger partial charge in [0.25, 0.3) is 0 Å². The molecule has 1 aromatic heterocycles. The Morgan fingerprint density at radius 2 is 1.71 bits per heavy atom. The smallest absolute Gasteiger partial charge is 0.125 e. The summed E-state index contributed by atoms with van der Waals surface area (Å²) in [6.45, 7) is 2.03. The molecule has 3 aromatic rings. The number of aryl methyl sites for hydroxylation is 1. The lowest BCUT2D eigenvalue weighted by atomic mass is 10.0. The quantitative estimate of drug-likeness (QED) is 0.549. The highest BCUT2D eigenvalue weighted by Gasteiger charge is 2.46. The van der Waals surface area contributed by atoms with E-state index in [9.17, 15) is 4.21 Å². The number of thioether (sulfide) groups is 2. The Morgan fingerprint density at radius 1 is 1.00 bits per heavy atom. The van der Waals surface area contributed by atoms with Crippen molar-refractivity contribution < 1.29 is 8.63 Å². The van der Waals surface area contributed by atoms with Crippen LogP contribution in [-0.2, 0) is 15.1 Å². The Morgan fingerprint density at radius 3 is 2.36 bits per heavy atom. The van der Waals surface area contributed by atoms with Crippen molar-refractivity contribution >= 4 is 34.5 Å². The second-order valence-corrected chi connectivity index (χ2v) is 10.9. The molecule has 6 heteroatoms. The molecule has 1 aliphatic rings. The van der Waals surface area contributed by atoms with E-state index in [0.29, 0.717) is 0 Å². The lowest BCUT2D eigenvalue weighted by Gasteiger charge is -2.42. The zero-order chi connectivity index (χ0) is 19.4. The van der Waals surface area contributed by atoms with Gasteiger partial charge in [0.2, 0.25) is 0 Å². The Hall–Kier alpha value is -1.47. The lowest BCUT2D eigenvalue weighted by Crippen LogP contribution is -2.39. The molecule has 1 unspecified atom stereocenters. The molecule has 1 fully saturated rings. The topological polar surface area (TPSA) is 42.2 Å². The summed E-state index contributed by atoms with van der Waals surface area (Å²) in [5, 5.41) is 0. The summed E-state index contributed by atoms with van der Waals surface area (Å²) in [4.78, 5) is 0.774. The normalized spacial score (nSPS) is 18.5. The van der Waals surface area contributed by atoms with Crippen LogP contribution in [0.1, 0.15) is 29.3 Å². The van der Waals surface area contributed by atoms with Crippen molar-refractivity contribution in [2.75, 3.05) is 11.5 Å². The maximum atomic E-state index is 13.2. The van der Waals surface area contributed by atoms with Crippen molar-refractivity contribution in [3.63, 3.8) is 0 Å². The predicted octanol–water partition coefficient (Wildman–Crippen LogP) is 5.66. The first-order valence-corrected chi connectivity index (χ1v) is 12.4. The Labute approximate surface area is 177 Å². The first-order chi connectivity index (χ1) is 13.7. The predicted molar refractivity (Wildman–Crippen MR) is 120 cm³/mol. The van der Waals surface area contributed by atoms with E-state index < -0.39 is 11.0 Å². The summed E-state index contributed by atoms with van der Waals surface area (Å²) in [6, 6.07) is 22.0. The van der Waals surface area contributed by atoms with E-state index in [2.05, 4.69) is 29.0 Å². The number of furan rings is 1. The van der Waals surface area contributed by atoms with Gasteiger partial charge in [-0.05, 0) is 54.7 Å². The molecule has 28 heavy (non-hydrogen) atoms. The molecule has 2 atom stereocenters. The Balaban J connectivity index is 1.74. The third-order valence-corrected chi connectivity index (χ3v) is 9.41. The van der Waals surface area contributed by atoms with Crippen LogP contribution in [0.4, 0.5) is 0 Å². The fraction of sp³-hybridized carbons (Fsp3) is 0.273. The maximum Gasteiger partial charge on any atom is 0.125 e. The van der Waals surface area contributed by atoms with Gasteiger partial charge in [-0.2, -0.15) is 0 Å². The molecule has 0 bridgehead atoms. The number of nitrogens with one attached hydrogen (secondary N) is 1. The van der Waals surface area contributed by atoms with Gasteiger partial charge in [-0.15, -0.1) is 23.5 Å². The third kappa shape index (κ3) is 4.10. The van der Waals surface area contributed by atoms with Crippen LogP contribution in [0.2, 0.25) is 0 Å². The molecule has 0 aliphatic carbocycles. The first-order valence-electron chi connectivity index (χ1n) is 9.30. The van der Waals surface area contributed by atoms with E-state index in [-0.39, 0.29) is 10.1 Å². The average Bonchev–Trinajstić information content (AvgIpc) is 3.28. The van der Waals surface area contributed by atoms with Gasteiger partial charge in [-0.3, -0.25) is 0 Å². The SMILES string of the molecule is Cc1ccc(S(=O)N[C@@H](c2ccco2)C2(c3ccccc3)SCCCS2)cc1. The molecule has 2 aromatic carbocycles. The zero-order valence-electron chi connectivity index (χ0n) is 15.7. The summed E-state index contributed by atoms with van der Waals surface area (Å²) in [5.74, 6) is 2.95. The van der Waals surface area contributed by atoms with Crippen LogP contribution in [0.25, 0.3) is 0 Å². The minimum Gasteiger partial charge on any atom is -0.468 e. The molecule has 1 N–H and O–H groups in total. The number of hydrogen-bond acceptors (Lipinski definition) is 4.